The minimum Gasteiger partial charge on any atom is -0.493 e. The predicted molar refractivity (Wildman–Crippen MR) is 91.3 cm³/mol. The van der Waals surface area contributed by atoms with Crippen molar-refractivity contribution in [3.8, 4) is 5.88 Å². The number of H-pyrrole nitrogens is 2. The number of ether oxygens (including phenoxy) is 1. The van der Waals surface area contributed by atoms with E-state index in [0.29, 0.717) is 41.4 Å². The number of fused-ring (bicyclic) bond motifs is 1. The summed E-state index contributed by atoms with van der Waals surface area (Å²) in [6.45, 7) is 3.50. The summed E-state index contributed by atoms with van der Waals surface area (Å²) in [4.78, 5) is 29.2. The molecule has 132 valence electrons. The topological polar surface area (TPSA) is 134 Å². The molecule has 3 aromatic heterocycles. The van der Waals surface area contributed by atoms with Crippen molar-refractivity contribution < 1.29 is 9.84 Å². The summed E-state index contributed by atoms with van der Waals surface area (Å²) in [5.74, 6) is -0.245. The van der Waals surface area contributed by atoms with Crippen LogP contribution in [0.4, 0.5) is 0 Å². The van der Waals surface area contributed by atoms with Gasteiger partial charge >= 0.3 is 5.69 Å². The predicted octanol–water partition coefficient (Wildman–Crippen LogP) is -0.947. The van der Waals surface area contributed by atoms with Gasteiger partial charge in [0.25, 0.3) is 0 Å². The van der Waals surface area contributed by atoms with Crippen molar-refractivity contribution in [3.63, 3.8) is 0 Å². The van der Waals surface area contributed by atoms with Crippen LogP contribution >= 0.6 is 11.8 Å². The van der Waals surface area contributed by atoms with Crippen LogP contribution in [0, 0.1) is 0 Å². The monoisotopic (exact) mass is 363 g/mol. The Morgan fingerprint density at radius 3 is 2.96 bits per heavy atom. The van der Waals surface area contributed by atoms with Gasteiger partial charge in [0.1, 0.15) is 5.69 Å². The van der Waals surface area contributed by atoms with Gasteiger partial charge < -0.3 is 14.8 Å². The average Bonchev–Trinajstić information content (AvgIpc) is 3.14. The number of aromatic nitrogens is 6. The molecular formula is C14H17N7O3S. The lowest BCUT2D eigenvalue weighted by Gasteiger charge is -1.99. The zero-order valence-electron chi connectivity index (χ0n) is 13.7. The highest BCUT2D eigenvalue weighted by Crippen LogP contribution is 2.08. The molecule has 11 heteroatoms. The van der Waals surface area contributed by atoms with Crippen LogP contribution in [0.5, 0.6) is 5.88 Å². The zero-order valence-corrected chi connectivity index (χ0v) is 14.5. The van der Waals surface area contributed by atoms with Gasteiger partial charge in [0.05, 0.1) is 19.3 Å². The summed E-state index contributed by atoms with van der Waals surface area (Å²) in [5, 5.41) is 15.1. The Hall–Kier alpha value is -2.66. The van der Waals surface area contributed by atoms with Gasteiger partial charge in [-0.3, -0.25) is 4.98 Å². The van der Waals surface area contributed by atoms with E-state index in [9.17, 15) is 9.90 Å². The number of hydrogen-bond acceptors (Lipinski definition) is 8. The van der Waals surface area contributed by atoms with E-state index in [-0.39, 0.29) is 11.6 Å². The van der Waals surface area contributed by atoms with Crippen LogP contribution in [-0.4, -0.2) is 60.7 Å². The van der Waals surface area contributed by atoms with E-state index in [4.69, 9.17) is 4.74 Å². The highest BCUT2D eigenvalue weighted by Gasteiger charge is 2.08. The van der Waals surface area contributed by atoms with Gasteiger partial charge in [-0.2, -0.15) is 14.6 Å². The Morgan fingerprint density at radius 1 is 1.44 bits per heavy atom. The van der Waals surface area contributed by atoms with Crippen LogP contribution in [0.1, 0.15) is 12.6 Å². The molecule has 3 rings (SSSR count). The van der Waals surface area contributed by atoms with E-state index < -0.39 is 5.69 Å². The molecule has 10 nitrogen and oxygen atoms in total. The number of rotatable bonds is 6. The first-order valence-electron chi connectivity index (χ1n) is 7.53. The van der Waals surface area contributed by atoms with Gasteiger partial charge in [-0.1, -0.05) is 11.8 Å². The maximum atomic E-state index is 11.3. The number of nitrogens with one attached hydrogen (secondary N) is 2. The van der Waals surface area contributed by atoms with Crippen LogP contribution in [-0.2, 0) is 4.74 Å². The van der Waals surface area contributed by atoms with Gasteiger partial charge in [0.2, 0.25) is 11.5 Å². The van der Waals surface area contributed by atoms with E-state index in [1.165, 1.54) is 16.3 Å². The van der Waals surface area contributed by atoms with E-state index in [0.717, 1.165) is 0 Å². The second-order valence-corrected chi connectivity index (χ2v) is 5.68. The van der Waals surface area contributed by atoms with Crippen molar-refractivity contribution in [2.45, 2.75) is 12.1 Å². The lowest BCUT2D eigenvalue weighted by atomic mass is 10.3. The van der Waals surface area contributed by atoms with Crippen LogP contribution < -0.4 is 16.5 Å². The highest BCUT2D eigenvalue weighted by molar-refractivity contribution is 7.98. The Labute approximate surface area is 145 Å². The number of thioether (sulfide) groups is 1. The van der Waals surface area contributed by atoms with Gasteiger partial charge in [-0.25, -0.2) is 14.8 Å². The minimum atomic E-state index is -0.494. The Balaban J connectivity index is 2.13. The summed E-state index contributed by atoms with van der Waals surface area (Å²) in [6, 6.07) is 0. The number of aromatic amines is 2. The first-order chi connectivity index (χ1) is 12.1. The Kier molecular flexibility index (Phi) is 5.14. The zero-order chi connectivity index (χ0) is 17.8. The molecule has 0 bridgehead atoms. The van der Waals surface area contributed by atoms with E-state index in [2.05, 4.69) is 30.0 Å². The summed E-state index contributed by atoms with van der Waals surface area (Å²) in [7, 11) is 0. The molecule has 25 heavy (non-hydrogen) atoms. The lowest BCUT2D eigenvalue weighted by Crippen LogP contribution is -2.24. The fourth-order valence-corrected chi connectivity index (χ4v) is 2.51. The summed E-state index contributed by atoms with van der Waals surface area (Å²) >= 11 is 1.39. The molecule has 0 unspecified atom stereocenters. The molecule has 0 saturated carbocycles. The van der Waals surface area contributed by atoms with Crippen molar-refractivity contribution in [1.82, 2.24) is 29.5 Å². The van der Waals surface area contributed by atoms with E-state index >= 15 is 0 Å². The van der Waals surface area contributed by atoms with Crippen molar-refractivity contribution in [2.75, 3.05) is 26.0 Å². The number of nitrogens with zero attached hydrogens (tertiary/aromatic N) is 5. The fraction of sp³-hybridized carbons (Fsp3) is 0.357. The molecule has 0 aromatic carbocycles. The standard InChI is InChI=1S/C14H17N7O3S/c1-3-24-5-4-15-12-20-14(25-2)18-10-8(7-16-21(10)12)6-9-11(22)19-13(23)17-9/h6-7,22H,3-5H2,1-2H3,(H2,17,19,23). The van der Waals surface area contributed by atoms with Crippen LogP contribution in [0.2, 0.25) is 0 Å². The highest BCUT2D eigenvalue weighted by atomic mass is 32.2. The van der Waals surface area contributed by atoms with Gasteiger partial charge in [0.15, 0.2) is 10.8 Å². The fourth-order valence-electron chi connectivity index (χ4n) is 2.16. The molecule has 3 aromatic rings. The second kappa shape index (κ2) is 7.49. The molecule has 0 radical (unpaired) electrons. The summed E-state index contributed by atoms with van der Waals surface area (Å²) in [5.41, 5.74) is 0.696. The smallest absolute Gasteiger partial charge is 0.326 e. The van der Waals surface area contributed by atoms with E-state index in [1.54, 1.807) is 12.3 Å². The van der Waals surface area contributed by atoms with Gasteiger partial charge in [-0.15, -0.1) is 0 Å². The molecule has 3 N–H and O–H groups in total. The SMILES string of the molecule is CCOCCN=c1nc(SC)nc2c(=Cc3[nH]c(=O)[nH]c3O)cnn12. The quantitative estimate of drug-likeness (QED) is 0.380. The van der Waals surface area contributed by atoms with Gasteiger partial charge in [0, 0.05) is 11.8 Å². The number of aromatic hydroxyl groups is 1. The summed E-state index contributed by atoms with van der Waals surface area (Å²) < 4.78 is 6.79. The molecular weight excluding hydrogens is 346 g/mol. The Bertz CT molecular complexity index is 1050. The third kappa shape index (κ3) is 3.72. The minimum absolute atomic E-state index is 0.245. The molecule has 0 fully saturated rings. The number of hydrogen-bond donors (Lipinski definition) is 3. The molecule has 0 spiro atoms. The molecule has 0 amide bonds. The van der Waals surface area contributed by atoms with Crippen molar-refractivity contribution in [1.29, 1.82) is 0 Å². The van der Waals surface area contributed by atoms with E-state index in [1.807, 2.05) is 13.2 Å². The third-order valence-corrected chi connectivity index (χ3v) is 3.82. The van der Waals surface area contributed by atoms with Crippen molar-refractivity contribution in [2.24, 2.45) is 4.99 Å². The lowest BCUT2D eigenvalue weighted by molar-refractivity contribution is 0.155. The first-order valence-corrected chi connectivity index (χ1v) is 8.76. The normalized spacial score (nSPS) is 13.2. The van der Waals surface area contributed by atoms with Crippen molar-refractivity contribution in [3.05, 3.63) is 33.2 Å². The largest absolute Gasteiger partial charge is 0.493 e. The van der Waals surface area contributed by atoms with Crippen LogP contribution in [0.15, 0.2) is 21.1 Å². The van der Waals surface area contributed by atoms with Crippen LogP contribution in [0.3, 0.4) is 0 Å². The maximum Gasteiger partial charge on any atom is 0.326 e. The summed E-state index contributed by atoms with van der Waals surface area (Å²) in [6.07, 6.45) is 5.02. The molecule has 3 heterocycles. The third-order valence-electron chi connectivity index (χ3n) is 3.27. The Morgan fingerprint density at radius 2 is 2.28 bits per heavy atom. The maximum absolute atomic E-state index is 11.3. The molecule has 0 aliphatic rings. The number of imidazole rings is 1. The molecule has 0 aliphatic carbocycles. The molecule has 0 aliphatic heterocycles. The van der Waals surface area contributed by atoms with Crippen molar-refractivity contribution >= 4 is 23.5 Å². The van der Waals surface area contributed by atoms with Crippen LogP contribution in [0.25, 0.3) is 11.7 Å². The second-order valence-electron chi connectivity index (χ2n) is 4.91. The molecule has 0 atom stereocenters. The van der Waals surface area contributed by atoms with Gasteiger partial charge in [-0.05, 0) is 19.3 Å². The average molecular weight is 363 g/mol. The molecule has 0 saturated heterocycles. The first kappa shape index (κ1) is 17.2.